The van der Waals surface area contributed by atoms with Gasteiger partial charge < -0.3 is 0 Å². The Hall–Kier alpha value is -5.93. The van der Waals surface area contributed by atoms with Crippen molar-refractivity contribution >= 4 is 53.9 Å². The maximum atomic E-state index is 5.04. The summed E-state index contributed by atoms with van der Waals surface area (Å²) < 4.78 is 0. The minimum atomic E-state index is 0.658. The topological polar surface area (TPSA) is 38.7 Å². The molecule has 0 saturated heterocycles. The van der Waals surface area contributed by atoms with Crippen molar-refractivity contribution in [3.8, 4) is 34.2 Å². The molecular weight excluding hydrogens is 534 g/mol. The van der Waals surface area contributed by atoms with Gasteiger partial charge >= 0.3 is 0 Å². The van der Waals surface area contributed by atoms with E-state index >= 15 is 0 Å². The molecule has 0 unspecified atom stereocenters. The van der Waals surface area contributed by atoms with Crippen molar-refractivity contribution in [1.82, 2.24) is 15.0 Å². The Morgan fingerprint density at radius 1 is 0.250 bits per heavy atom. The van der Waals surface area contributed by atoms with Gasteiger partial charge in [-0.2, -0.15) is 0 Å². The van der Waals surface area contributed by atoms with E-state index in [-0.39, 0.29) is 0 Å². The van der Waals surface area contributed by atoms with Crippen LogP contribution in [0.1, 0.15) is 0 Å². The molecule has 0 fully saturated rings. The number of benzene rings is 8. The minimum absolute atomic E-state index is 0.658. The first-order valence-corrected chi connectivity index (χ1v) is 14.9. The molecule has 0 aliphatic heterocycles. The Bertz CT molecular complexity index is 2460. The van der Waals surface area contributed by atoms with Crippen LogP contribution in [0, 0.1) is 0 Å². The Balaban J connectivity index is 1.41. The third kappa shape index (κ3) is 3.80. The number of aromatic nitrogens is 3. The van der Waals surface area contributed by atoms with Crippen LogP contribution in [-0.2, 0) is 0 Å². The quantitative estimate of drug-likeness (QED) is 0.202. The zero-order valence-corrected chi connectivity index (χ0v) is 23.8. The second-order valence-electron chi connectivity index (χ2n) is 11.2. The number of nitrogens with zero attached hydrogens (tertiary/aromatic N) is 3. The summed E-state index contributed by atoms with van der Waals surface area (Å²) in [5.74, 6) is 1.98. The second-order valence-corrected chi connectivity index (χ2v) is 11.2. The fourth-order valence-corrected chi connectivity index (χ4v) is 6.70. The molecule has 0 amide bonds. The fraction of sp³-hybridized carbons (Fsp3) is 0. The summed E-state index contributed by atoms with van der Waals surface area (Å²) in [6.45, 7) is 0. The number of hydrogen-bond donors (Lipinski definition) is 0. The summed E-state index contributed by atoms with van der Waals surface area (Å²) in [5, 5.41) is 12.5. The molecule has 9 aromatic rings. The maximum Gasteiger partial charge on any atom is 0.164 e. The van der Waals surface area contributed by atoms with Gasteiger partial charge in [-0.3, -0.25) is 0 Å². The summed E-state index contributed by atoms with van der Waals surface area (Å²) in [4.78, 5) is 15.0. The van der Waals surface area contributed by atoms with Crippen molar-refractivity contribution in [2.24, 2.45) is 0 Å². The van der Waals surface area contributed by atoms with E-state index in [1.165, 1.54) is 53.9 Å². The largest absolute Gasteiger partial charge is 0.208 e. The van der Waals surface area contributed by atoms with E-state index in [9.17, 15) is 0 Å². The average molecular weight is 560 g/mol. The van der Waals surface area contributed by atoms with Crippen LogP contribution in [0.4, 0.5) is 0 Å². The molecule has 0 spiro atoms. The Kier molecular flexibility index (Phi) is 5.50. The lowest BCUT2D eigenvalue weighted by Gasteiger charge is -2.17. The van der Waals surface area contributed by atoms with Gasteiger partial charge in [-0.15, -0.1) is 0 Å². The van der Waals surface area contributed by atoms with Crippen LogP contribution >= 0.6 is 0 Å². The van der Waals surface area contributed by atoms with Crippen molar-refractivity contribution in [3.63, 3.8) is 0 Å². The summed E-state index contributed by atoms with van der Waals surface area (Å²) in [6.07, 6.45) is 0. The molecule has 1 aromatic heterocycles. The van der Waals surface area contributed by atoms with Gasteiger partial charge in [0.05, 0.1) is 0 Å². The molecule has 0 radical (unpaired) electrons. The normalized spacial score (nSPS) is 11.6. The zero-order valence-electron chi connectivity index (χ0n) is 23.8. The summed E-state index contributed by atoms with van der Waals surface area (Å²) in [6, 6.07) is 53.3. The van der Waals surface area contributed by atoms with Gasteiger partial charge in [-0.25, -0.2) is 15.0 Å². The van der Waals surface area contributed by atoms with Gasteiger partial charge in [0.25, 0.3) is 0 Å². The Morgan fingerprint density at radius 3 is 1.05 bits per heavy atom. The number of fused-ring (bicyclic) bond motifs is 11. The van der Waals surface area contributed by atoms with Gasteiger partial charge in [0.2, 0.25) is 0 Å². The molecule has 0 aliphatic rings. The highest BCUT2D eigenvalue weighted by Gasteiger charge is 2.18. The van der Waals surface area contributed by atoms with Gasteiger partial charge in [-0.05, 0) is 59.9 Å². The van der Waals surface area contributed by atoms with Crippen molar-refractivity contribution in [2.45, 2.75) is 0 Å². The third-order valence-electron chi connectivity index (χ3n) is 8.67. The molecule has 8 aromatic carbocycles. The highest BCUT2D eigenvalue weighted by atomic mass is 15.0. The van der Waals surface area contributed by atoms with Gasteiger partial charge in [0.15, 0.2) is 17.5 Å². The SMILES string of the molecule is c1ccc(-c2nc(-c3ccccc3)nc(-c3ccc4c5ccccc5c5c6ccccc6c6ccccc6c5c4c3)n2)cc1. The molecule has 3 nitrogen and oxygen atoms in total. The van der Waals surface area contributed by atoms with Crippen LogP contribution in [0.3, 0.4) is 0 Å². The van der Waals surface area contributed by atoms with Crippen molar-refractivity contribution in [3.05, 3.63) is 152 Å². The molecule has 0 aliphatic carbocycles. The fourth-order valence-electron chi connectivity index (χ4n) is 6.70. The third-order valence-corrected chi connectivity index (χ3v) is 8.67. The minimum Gasteiger partial charge on any atom is -0.208 e. The van der Waals surface area contributed by atoms with Gasteiger partial charge in [0.1, 0.15) is 0 Å². The molecule has 0 N–H and O–H groups in total. The van der Waals surface area contributed by atoms with Crippen LogP contribution < -0.4 is 0 Å². The van der Waals surface area contributed by atoms with Crippen LogP contribution in [0.5, 0.6) is 0 Å². The van der Waals surface area contributed by atoms with Crippen molar-refractivity contribution < 1.29 is 0 Å². The summed E-state index contributed by atoms with van der Waals surface area (Å²) >= 11 is 0. The van der Waals surface area contributed by atoms with E-state index in [1.807, 2.05) is 60.7 Å². The summed E-state index contributed by atoms with van der Waals surface area (Å²) in [5.41, 5.74) is 2.88. The molecule has 204 valence electrons. The maximum absolute atomic E-state index is 5.04. The average Bonchev–Trinajstić information content (AvgIpc) is 3.11. The highest BCUT2D eigenvalue weighted by molar-refractivity contribution is 6.39. The predicted octanol–water partition coefficient (Wildman–Crippen LogP) is 10.6. The zero-order chi connectivity index (χ0) is 29.0. The highest BCUT2D eigenvalue weighted by Crippen LogP contribution is 2.44. The predicted molar refractivity (Wildman–Crippen MR) is 184 cm³/mol. The lowest BCUT2D eigenvalue weighted by Crippen LogP contribution is -2.00. The van der Waals surface area contributed by atoms with Gasteiger partial charge in [-0.1, -0.05) is 146 Å². The van der Waals surface area contributed by atoms with E-state index in [0.29, 0.717) is 17.5 Å². The van der Waals surface area contributed by atoms with E-state index in [0.717, 1.165) is 16.7 Å². The van der Waals surface area contributed by atoms with E-state index in [2.05, 4.69) is 91.0 Å². The Morgan fingerprint density at radius 2 is 0.591 bits per heavy atom. The Labute approximate surface area is 254 Å². The van der Waals surface area contributed by atoms with Crippen molar-refractivity contribution in [2.75, 3.05) is 0 Å². The van der Waals surface area contributed by atoms with Crippen LogP contribution in [0.25, 0.3) is 88.0 Å². The smallest absolute Gasteiger partial charge is 0.164 e. The first-order chi connectivity index (χ1) is 21.8. The molecule has 1 heterocycles. The van der Waals surface area contributed by atoms with Crippen molar-refractivity contribution in [1.29, 1.82) is 0 Å². The molecule has 0 atom stereocenters. The second kappa shape index (κ2) is 9.82. The van der Waals surface area contributed by atoms with E-state index in [4.69, 9.17) is 15.0 Å². The van der Waals surface area contributed by atoms with Crippen LogP contribution in [0.15, 0.2) is 152 Å². The van der Waals surface area contributed by atoms with Gasteiger partial charge in [0, 0.05) is 16.7 Å². The van der Waals surface area contributed by atoms with E-state index in [1.54, 1.807) is 0 Å². The van der Waals surface area contributed by atoms with Crippen LogP contribution in [-0.4, -0.2) is 15.0 Å². The lowest BCUT2D eigenvalue weighted by atomic mass is 9.87. The molecule has 9 rings (SSSR count). The first-order valence-electron chi connectivity index (χ1n) is 14.9. The number of hydrogen-bond acceptors (Lipinski definition) is 3. The molecule has 44 heavy (non-hydrogen) atoms. The first kappa shape index (κ1) is 24.6. The monoisotopic (exact) mass is 559 g/mol. The van der Waals surface area contributed by atoms with E-state index < -0.39 is 0 Å². The lowest BCUT2D eigenvalue weighted by molar-refractivity contribution is 1.07. The molecule has 0 bridgehead atoms. The molecular formula is C41H25N3. The molecule has 0 saturated carbocycles. The summed E-state index contributed by atoms with van der Waals surface area (Å²) in [7, 11) is 0. The molecule has 3 heteroatoms. The van der Waals surface area contributed by atoms with Crippen LogP contribution in [0.2, 0.25) is 0 Å². The standard InChI is InChI=1S/C41H25N3/c1-3-13-26(14-4-1)39-42-40(27-15-5-2-6-16-27)44-41(43-39)28-23-24-32-31-19-9-11-21-34(31)37-33-20-10-7-17-29(33)30-18-8-12-22-35(30)38(37)36(32)25-28/h1-25H. The number of rotatable bonds is 3.